The van der Waals surface area contributed by atoms with E-state index in [2.05, 4.69) is 15.3 Å². The summed E-state index contributed by atoms with van der Waals surface area (Å²) in [5, 5.41) is 2.67. The minimum atomic E-state index is -4.46. The van der Waals surface area contributed by atoms with Crippen molar-refractivity contribution in [3.05, 3.63) is 47.5 Å². The van der Waals surface area contributed by atoms with Crippen molar-refractivity contribution < 1.29 is 31.1 Å². The molecule has 1 amide bonds. The first kappa shape index (κ1) is 26.0. The minimum Gasteiger partial charge on any atom is -0.369 e. The Morgan fingerprint density at radius 2 is 1.86 bits per heavy atom. The third-order valence-electron chi connectivity index (χ3n) is 6.39. The van der Waals surface area contributed by atoms with Crippen LogP contribution in [0.5, 0.6) is 0 Å². The van der Waals surface area contributed by atoms with E-state index in [4.69, 9.17) is 5.73 Å². The number of aromatic nitrogens is 2. The number of carbonyl (C=O) groups is 1. The lowest BCUT2D eigenvalue weighted by Gasteiger charge is -2.37. The van der Waals surface area contributed by atoms with Gasteiger partial charge in [-0.1, -0.05) is 12.1 Å². The van der Waals surface area contributed by atoms with Gasteiger partial charge in [-0.05, 0) is 43.5 Å². The molecule has 36 heavy (non-hydrogen) atoms. The highest BCUT2D eigenvalue weighted by Gasteiger charge is 2.44. The van der Waals surface area contributed by atoms with Gasteiger partial charge in [0, 0.05) is 25.0 Å². The Labute approximate surface area is 203 Å². The molecule has 1 unspecified atom stereocenters. The number of benzene rings is 1. The number of amides is 1. The van der Waals surface area contributed by atoms with Crippen molar-refractivity contribution in [2.75, 3.05) is 36.4 Å². The molecule has 2 heterocycles. The molecule has 196 valence electrons. The molecule has 2 aromatic rings. The van der Waals surface area contributed by atoms with Crippen LogP contribution < -0.4 is 16.0 Å². The first-order valence-electron chi connectivity index (χ1n) is 11.5. The number of nitrogens with two attached hydrogens (primary N) is 1. The van der Waals surface area contributed by atoms with Gasteiger partial charge in [0.1, 0.15) is 6.33 Å². The highest BCUT2D eigenvalue weighted by molar-refractivity contribution is 5.75. The number of anilines is 2. The molecule has 0 spiro atoms. The molecule has 3 N–H and O–H groups in total. The molecule has 1 atom stereocenters. The molecule has 4 rings (SSSR count). The van der Waals surface area contributed by atoms with Gasteiger partial charge in [0.2, 0.25) is 11.7 Å². The van der Waals surface area contributed by atoms with Crippen LogP contribution in [-0.4, -0.2) is 58.9 Å². The summed E-state index contributed by atoms with van der Waals surface area (Å²) in [5.74, 6) is -5.99. The molecular weight excluding hydrogens is 490 g/mol. The maximum Gasteiger partial charge on any atom is 0.416 e. The highest BCUT2D eigenvalue weighted by atomic mass is 19.4. The summed E-state index contributed by atoms with van der Waals surface area (Å²) in [7, 11) is 0. The van der Waals surface area contributed by atoms with Crippen LogP contribution in [0.2, 0.25) is 0 Å². The van der Waals surface area contributed by atoms with E-state index in [-0.39, 0.29) is 50.3 Å². The van der Waals surface area contributed by atoms with Crippen LogP contribution >= 0.6 is 0 Å². The van der Waals surface area contributed by atoms with Crippen molar-refractivity contribution >= 4 is 17.5 Å². The van der Waals surface area contributed by atoms with Crippen LogP contribution in [0, 0.1) is 11.7 Å². The smallest absolute Gasteiger partial charge is 0.369 e. The molecule has 0 radical (unpaired) electrons. The Hall–Kier alpha value is -3.09. The summed E-state index contributed by atoms with van der Waals surface area (Å²) < 4.78 is 83.1. The monoisotopic (exact) mass is 516 g/mol. The summed E-state index contributed by atoms with van der Waals surface area (Å²) in [4.78, 5) is 21.9. The first-order chi connectivity index (χ1) is 16.9. The second kappa shape index (κ2) is 10.1. The molecule has 1 aromatic carbocycles. The number of primary amides is 1. The molecule has 2 fully saturated rings. The van der Waals surface area contributed by atoms with E-state index in [9.17, 15) is 26.7 Å². The van der Waals surface area contributed by atoms with Gasteiger partial charge in [-0.15, -0.1) is 0 Å². The Balaban J connectivity index is 1.45. The van der Waals surface area contributed by atoms with Crippen molar-refractivity contribution in [2.24, 2.45) is 11.7 Å². The molecule has 13 heteroatoms. The van der Waals surface area contributed by atoms with Gasteiger partial charge < -0.3 is 16.0 Å². The average molecular weight is 516 g/mol. The second-order valence-corrected chi connectivity index (χ2v) is 9.22. The number of rotatable bonds is 9. The number of hydrogen-bond acceptors (Lipinski definition) is 6. The van der Waals surface area contributed by atoms with Gasteiger partial charge in [0.25, 0.3) is 5.92 Å². The molecule has 1 saturated carbocycles. The number of nitrogens with one attached hydrogen (secondary N) is 1. The fourth-order valence-corrected chi connectivity index (χ4v) is 4.33. The third kappa shape index (κ3) is 6.18. The van der Waals surface area contributed by atoms with Gasteiger partial charge in [-0.25, -0.2) is 18.7 Å². The molecule has 0 bridgehead atoms. The highest BCUT2D eigenvalue weighted by Crippen LogP contribution is 2.36. The summed E-state index contributed by atoms with van der Waals surface area (Å²) in [6, 6.07) is 4.58. The summed E-state index contributed by atoms with van der Waals surface area (Å²) in [5.41, 5.74) is 4.86. The first-order valence-corrected chi connectivity index (χ1v) is 11.5. The lowest BCUT2D eigenvalue weighted by Crippen LogP contribution is -2.52. The lowest BCUT2D eigenvalue weighted by atomic mass is 9.92. The number of hydrogen-bond donors (Lipinski definition) is 2. The Morgan fingerprint density at radius 3 is 2.44 bits per heavy atom. The Morgan fingerprint density at radius 1 is 1.17 bits per heavy atom. The number of nitrogens with zero attached hydrogens (tertiary/aromatic N) is 4. The van der Waals surface area contributed by atoms with E-state index >= 15 is 4.39 Å². The molecule has 1 aliphatic carbocycles. The topological polar surface area (TPSA) is 87.4 Å². The summed E-state index contributed by atoms with van der Waals surface area (Å²) in [6.45, 7) is -0.734. The zero-order valence-electron chi connectivity index (χ0n) is 19.2. The van der Waals surface area contributed by atoms with Crippen molar-refractivity contribution in [1.29, 1.82) is 0 Å². The van der Waals surface area contributed by atoms with Crippen LogP contribution in [0.3, 0.4) is 0 Å². The Bertz CT molecular complexity index is 1080. The molecular formula is C23H26F6N6O. The minimum absolute atomic E-state index is 0.0385. The molecule has 1 saturated heterocycles. The van der Waals surface area contributed by atoms with Crippen LogP contribution in [-0.2, 0) is 17.5 Å². The van der Waals surface area contributed by atoms with Crippen molar-refractivity contribution in [2.45, 2.75) is 43.9 Å². The van der Waals surface area contributed by atoms with E-state index in [1.807, 2.05) is 0 Å². The maximum absolute atomic E-state index is 15.4. The summed E-state index contributed by atoms with van der Waals surface area (Å²) >= 11 is 0. The Kier molecular flexibility index (Phi) is 7.30. The fourth-order valence-electron chi connectivity index (χ4n) is 4.33. The average Bonchev–Trinajstić information content (AvgIpc) is 3.62. The quantitative estimate of drug-likeness (QED) is 0.495. The number of halogens is 6. The largest absolute Gasteiger partial charge is 0.416 e. The number of likely N-dealkylation sites (tertiary alicyclic amines) is 1. The van der Waals surface area contributed by atoms with Crippen molar-refractivity contribution in [3.8, 4) is 0 Å². The number of carbonyl (C=O) groups excluding carboxylic acids is 1. The van der Waals surface area contributed by atoms with Gasteiger partial charge in [-0.3, -0.25) is 9.69 Å². The van der Waals surface area contributed by atoms with Crippen molar-refractivity contribution in [3.63, 3.8) is 0 Å². The van der Waals surface area contributed by atoms with E-state index in [0.29, 0.717) is 5.56 Å². The SMILES string of the molecule is NC(=O)CN1CCC(CNc2ncnc(N(Cc3ccc(C(F)(F)F)cc3)C3CC3)c2F)C(F)(F)C1. The third-order valence-corrected chi connectivity index (χ3v) is 6.39. The normalized spacial score (nSPS) is 20.2. The lowest BCUT2D eigenvalue weighted by molar-refractivity contribution is -0.137. The molecule has 1 aromatic heterocycles. The van der Waals surface area contributed by atoms with Gasteiger partial charge in [0.15, 0.2) is 11.6 Å². The van der Waals surface area contributed by atoms with E-state index in [1.165, 1.54) is 17.0 Å². The van der Waals surface area contributed by atoms with Crippen LogP contribution in [0.1, 0.15) is 30.4 Å². The van der Waals surface area contributed by atoms with E-state index in [0.717, 1.165) is 31.3 Å². The predicted molar refractivity (Wildman–Crippen MR) is 120 cm³/mol. The van der Waals surface area contributed by atoms with Crippen LogP contribution in [0.15, 0.2) is 30.6 Å². The van der Waals surface area contributed by atoms with Crippen LogP contribution in [0.4, 0.5) is 38.0 Å². The fraction of sp³-hybridized carbons (Fsp3) is 0.522. The predicted octanol–water partition coefficient (Wildman–Crippen LogP) is 3.66. The van der Waals surface area contributed by atoms with Gasteiger partial charge >= 0.3 is 6.18 Å². The second-order valence-electron chi connectivity index (χ2n) is 9.22. The summed E-state index contributed by atoms with van der Waals surface area (Å²) in [6.07, 6.45) is -1.72. The zero-order valence-corrected chi connectivity index (χ0v) is 19.2. The molecule has 2 aliphatic rings. The standard InChI is InChI=1S/C23H26F6N6O/c24-19-20(31-9-16-7-8-34(11-18(30)36)12-22(16,25)26)32-13-33-21(19)35(17-5-6-17)10-14-1-3-15(4-2-14)23(27,28)29/h1-4,13,16-17H,5-12H2,(H2,30,36)(H,31,32,33). The van der Waals surface area contributed by atoms with Gasteiger partial charge in [0.05, 0.1) is 18.7 Å². The van der Waals surface area contributed by atoms with Crippen molar-refractivity contribution in [1.82, 2.24) is 14.9 Å². The number of piperidine rings is 1. The van der Waals surface area contributed by atoms with Crippen LogP contribution in [0.25, 0.3) is 0 Å². The van der Waals surface area contributed by atoms with E-state index < -0.39 is 41.8 Å². The van der Waals surface area contributed by atoms with E-state index in [1.54, 1.807) is 4.90 Å². The molecule has 1 aliphatic heterocycles. The zero-order chi connectivity index (χ0) is 26.1. The molecule has 7 nitrogen and oxygen atoms in total. The van der Waals surface area contributed by atoms with Gasteiger partial charge in [-0.2, -0.15) is 17.6 Å². The maximum atomic E-state index is 15.4. The number of alkyl halides is 5.